The first kappa shape index (κ1) is 9.94. The molecule has 1 heterocycles. The lowest BCUT2D eigenvalue weighted by molar-refractivity contribution is 0.305. The SMILES string of the molecule is IN1c2ccccc2CC2CCCCC21. The van der Waals surface area contributed by atoms with Crippen LogP contribution in [-0.2, 0) is 6.42 Å². The van der Waals surface area contributed by atoms with Gasteiger partial charge in [-0.2, -0.15) is 0 Å². The van der Waals surface area contributed by atoms with Gasteiger partial charge >= 0.3 is 0 Å². The highest BCUT2D eigenvalue weighted by atomic mass is 127. The van der Waals surface area contributed by atoms with Crippen LogP contribution in [0.2, 0.25) is 0 Å². The average molecular weight is 313 g/mol. The minimum Gasteiger partial charge on any atom is -0.311 e. The van der Waals surface area contributed by atoms with Crippen molar-refractivity contribution in [1.82, 2.24) is 0 Å². The van der Waals surface area contributed by atoms with E-state index in [1.54, 1.807) is 5.56 Å². The number of rotatable bonds is 0. The first-order chi connectivity index (χ1) is 7.36. The summed E-state index contributed by atoms with van der Waals surface area (Å²) >= 11 is 2.52. The van der Waals surface area contributed by atoms with Crippen LogP contribution in [0.25, 0.3) is 0 Å². The summed E-state index contributed by atoms with van der Waals surface area (Å²) in [6.07, 6.45) is 6.98. The topological polar surface area (TPSA) is 3.24 Å². The monoisotopic (exact) mass is 313 g/mol. The molecular weight excluding hydrogens is 297 g/mol. The van der Waals surface area contributed by atoms with Crippen molar-refractivity contribution in [2.75, 3.05) is 3.11 Å². The highest BCUT2D eigenvalue weighted by Crippen LogP contribution is 2.42. The van der Waals surface area contributed by atoms with Crippen molar-refractivity contribution in [2.45, 2.75) is 38.1 Å². The Morgan fingerprint density at radius 1 is 1.13 bits per heavy atom. The molecule has 1 aliphatic heterocycles. The van der Waals surface area contributed by atoms with Crippen LogP contribution < -0.4 is 3.11 Å². The van der Waals surface area contributed by atoms with Gasteiger partial charge in [0.15, 0.2) is 0 Å². The second-order valence-corrected chi connectivity index (χ2v) is 5.80. The van der Waals surface area contributed by atoms with Crippen LogP contribution in [0.3, 0.4) is 0 Å². The van der Waals surface area contributed by atoms with E-state index in [4.69, 9.17) is 0 Å². The molecule has 1 saturated carbocycles. The van der Waals surface area contributed by atoms with E-state index in [-0.39, 0.29) is 0 Å². The van der Waals surface area contributed by atoms with Crippen molar-refractivity contribution in [1.29, 1.82) is 0 Å². The Morgan fingerprint density at radius 3 is 2.87 bits per heavy atom. The zero-order valence-corrected chi connectivity index (χ0v) is 11.0. The molecule has 0 radical (unpaired) electrons. The molecule has 2 atom stereocenters. The van der Waals surface area contributed by atoms with Crippen LogP contribution in [0.15, 0.2) is 24.3 Å². The first-order valence-electron chi connectivity index (χ1n) is 5.89. The maximum absolute atomic E-state index is 2.52. The number of nitrogens with zero attached hydrogens (tertiary/aromatic N) is 1. The summed E-state index contributed by atoms with van der Waals surface area (Å²) in [6.45, 7) is 0. The van der Waals surface area contributed by atoms with Gasteiger partial charge in [0.25, 0.3) is 0 Å². The molecule has 80 valence electrons. The first-order valence-corrected chi connectivity index (χ1v) is 6.85. The van der Waals surface area contributed by atoms with Crippen LogP contribution in [0.4, 0.5) is 5.69 Å². The molecule has 0 amide bonds. The van der Waals surface area contributed by atoms with Gasteiger partial charge in [-0.15, -0.1) is 0 Å². The van der Waals surface area contributed by atoms with E-state index in [0.29, 0.717) is 0 Å². The average Bonchev–Trinajstić information content (AvgIpc) is 2.30. The van der Waals surface area contributed by atoms with Gasteiger partial charge < -0.3 is 3.11 Å². The maximum atomic E-state index is 2.52. The third-order valence-corrected chi connectivity index (χ3v) is 5.10. The molecule has 2 aliphatic rings. The van der Waals surface area contributed by atoms with Crippen LogP contribution in [-0.4, -0.2) is 6.04 Å². The number of hydrogen-bond acceptors (Lipinski definition) is 1. The Labute approximate surface area is 105 Å². The normalized spacial score (nSPS) is 29.5. The van der Waals surface area contributed by atoms with Crippen molar-refractivity contribution in [3.8, 4) is 0 Å². The third kappa shape index (κ3) is 1.67. The molecule has 2 unspecified atom stereocenters. The van der Waals surface area contributed by atoms with Crippen molar-refractivity contribution in [3.05, 3.63) is 29.8 Å². The third-order valence-electron chi connectivity index (χ3n) is 3.86. The van der Waals surface area contributed by atoms with E-state index < -0.39 is 0 Å². The second-order valence-electron chi connectivity index (χ2n) is 4.76. The highest BCUT2D eigenvalue weighted by molar-refractivity contribution is 14.1. The van der Waals surface area contributed by atoms with E-state index in [2.05, 4.69) is 50.2 Å². The Kier molecular flexibility index (Phi) is 2.63. The lowest BCUT2D eigenvalue weighted by atomic mass is 9.78. The van der Waals surface area contributed by atoms with Crippen LogP contribution in [0.1, 0.15) is 31.2 Å². The Bertz CT molecular complexity index is 363. The fourth-order valence-electron chi connectivity index (χ4n) is 3.08. The summed E-state index contributed by atoms with van der Waals surface area (Å²) in [5.41, 5.74) is 3.01. The van der Waals surface area contributed by atoms with Gasteiger partial charge in [-0.1, -0.05) is 31.0 Å². The molecule has 15 heavy (non-hydrogen) atoms. The molecule has 1 nitrogen and oxygen atoms in total. The van der Waals surface area contributed by atoms with Gasteiger partial charge in [-0.05, 0) is 36.8 Å². The molecule has 1 aliphatic carbocycles. The minimum absolute atomic E-state index is 0.800. The van der Waals surface area contributed by atoms with E-state index in [1.165, 1.54) is 37.8 Å². The summed E-state index contributed by atoms with van der Waals surface area (Å²) in [4.78, 5) is 0. The minimum atomic E-state index is 0.800. The van der Waals surface area contributed by atoms with Gasteiger partial charge in [-0.25, -0.2) is 0 Å². The van der Waals surface area contributed by atoms with Crippen molar-refractivity contribution >= 4 is 28.6 Å². The summed E-state index contributed by atoms with van der Waals surface area (Å²) < 4.78 is 2.50. The smallest absolute Gasteiger partial charge is 0.0594 e. The van der Waals surface area contributed by atoms with Gasteiger partial charge in [0.05, 0.1) is 22.9 Å². The summed E-state index contributed by atoms with van der Waals surface area (Å²) in [5.74, 6) is 0.908. The van der Waals surface area contributed by atoms with Crippen LogP contribution in [0, 0.1) is 5.92 Å². The van der Waals surface area contributed by atoms with E-state index in [1.807, 2.05) is 0 Å². The van der Waals surface area contributed by atoms with Crippen molar-refractivity contribution in [2.24, 2.45) is 5.92 Å². The van der Waals surface area contributed by atoms with E-state index >= 15 is 0 Å². The molecule has 2 heteroatoms. The summed E-state index contributed by atoms with van der Waals surface area (Å²) in [6, 6.07) is 9.70. The Morgan fingerprint density at radius 2 is 1.93 bits per heavy atom. The number of benzene rings is 1. The lowest BCUT2D eigenvalue weighted by Crippen LogP contribution is -2.41. The zero-order valence-electron chi connectivity index (χ0n) is 8.82. The van der Waals surface area contributed by atoms with Crippen LogP contribution in [0.5, 0.6) is 0 Å². The van der Waals surface area contributed by atoms with E-state index in [0.717, 1.165) is 12.0 Å². The molecule has 0 saturated heterocycles. The predicted octanol–water partition coefficient (Wildman–Crippen LogP) is 3.96. The standard InChI is InChI=1S/C13H16IN/c14-15-12-7-3-1-5-10(12)9-11-6-2-4-8-13(11)15/h1,3,5,7,11,13H,2,4,6,8-9H2. The molecule has 1 aromatic rings. The molecular formula is C13H16IN. The summed E-state index contributed by atoms with van der Waals surface area (Å²) in [5, 5.41) is 0. The molecule has 1 aromatic carbocycles. The number of para-hydroxylation sites is 1. The second kappa shape index (κ2) is 3.96. The Hall–Kier alpha value is -0.250. The fourth-order valence-corrected chi connectivity index (χ4v) is 4.28. The maximum Gasteiger partial charge on any atom is 0.0594 e. The Balaban J connectivity index is 1.98. The lowest BCUT2D eigenvalue weighted by Gasteiger charge is -2.42. The van der Waals surface area contributed by atoms with Crippen molar-refractivity contribution < 1.29 is 0 Å². The molecule has 0 aromatic heterocycles. The molecule has 0 N–H and O–H groups in total. The van der Waals surface area contributed by atoms with E-state index in [9.17, 15) is 0 Å². The number of hydrogen-bond donors (Lipinski definition) is 0. The predicted molar refractivity (Wildman–Crippen MR) is 72.4 cm³/mol. The molecule has 0 spiro atoms. The fraction of sp³-hybridized carbons (Fsp3) is 0.538. The number of anilines is 1. The highest BCUT2D eigenvalue weighted by Gasteiger charge is 2.34. The van der Waals surface area contributed by atoms with Gasteiger partial charge in [-0.3, -0.25) is 0 Å². The number of halogens is 1. The zero-order chi connectivity index (χ0) is 10.3. The molecule has 0 bridgehead atoms. The van der Waals surface area contributed by atoms with Crippen molar-refractivity contribution in [3.63, 3.8) is 0 Å². The molecule has 3 rings (SSSR count). The number of fused-ring (bicyclic) bond motifs is 2. The molecule has 1 fully saturated rings. The van der Waals surface area contributed by atoms with Gasteiger partial charge in [0.1, 0.15) is 0 Å². The quantitative estimate of drug-likeness (QED) is 0.518. The van der Waals surface area contributed by atoms with Crippen LogP contribution >= 0.6 is 22.9 Å². The summed E-state index contributed by atoms with van der Waals surface area (Å²) in [7, 11) is 0. The largest absolute Gasteiger partial charge is 0.311 e. The van der Waals surface area contributed by atoms with Gasteiger partial charge in [0.2, 0.25) is 0 Å². The van der Waals surface area contributed by atoms with Gasteiger partial charge in [0, 0.05) is 11.7 Å².